The molecule has 0 saturated carbocycles. The molecule has 1 atom stereocenters. The fourth-order valence-corrected chi connectivity index (χ4v) is 2.12. The third-order valence-electron chi connectivity index (χ3n) is 3.00. The van der Waals surface area contributed by atoms with E-state index in [0.29, 0.717) is 5.69 Å². The van der Waals surface area contributed by atoms with Gasteiger partial charge in [0.2, 0.25) is 0 Å². The monoisotopic (exact) mass is 261 g/mol. The highest BCUT2D eigenvalue weighted by atomic mass is 35.5. The predicted molar refractivity (Wildman–Crippen MR) is 76.2 cm³/mol. The molecule has 94 valence electrons. The Morgan fingerprint density at radius 2 is 1.89 bits per heavy atom. The van der Waals surface area contributed by atoms with Gasteiger partial charge >= 0.3 is 0 Å². The van der Waals surface area contributed by atoms with Gasteiger partial charge in [-0.2, -0.15) is 0 Å². The number of benzene rings is 2. The van der Waals surface area contributed by atoms with Gasteiger partial charge in [0, 0.05) is 10.7 Å². The molecule has 5 N–H and O–H groups in total. The van der Waals surface area contributed by atoms with Crippen LogP contribution in [0.15, 0.2) is 42.5 Å². The maximum atomic E-state index is 6.14. The first-order chi connectivity index (χ1) is 8.63. The Bertz CT molecular complexity index is 554. The van der Waals surface area contributed by atoms with Crippen LogP contribution in [0, 0.1) is 6.92 Å². The van der Waals surface area contributed by atoms with Crippen molar-refractivity contribution >= 4 is 17.3 Å². The van der Waals surface area contributed by atoms with E-state index in [0.717, 1.165) is 21.7 Å². The van der Waals surface area contributed by atoms with Crippen LogP contribution in [0.25, 0.3) is 0 Å². The van der Waals surface area contributed by atoms with Gasteiger partial charge in [-0.1, -0.05) is 41.9 Å². The molecule has 0 fully saturated rings. The zero-order chi connectivity index (χ0) is 13.1. The summed E-state index contributed by atoms with van der Waals surface area (Å²) in [6.45, 7) is 1.97. The summed E-state index contributed by atoms with van der Waals surface area (Å²) in [7, 11) is 0. The molecule has 0 aliphatic carbocycles. The van der Waals surface area contributed by atoms with Crippen molar-refractivity contribution in [2.45, 2.75) is 13.0 Å². The van der Waals surface area contributed by atoms with E-state index in [1.165, 1.54) is 0 Å². The maximum absolute atomic E-state index is 6.14. The number of halogens is 1. The zero-order valence-electron chi connectivity index (χ0n) is 10.2. The van der Waals surface area contributed by atoms with E-state index in [1.807, 2.05) is 49.4 Å². The molecule has 2 aromatic rings. The minimum Gasteiger partial charge on any atom is -0.398 e. The number of nitrogens with one attached hydrogen (secondary N) is 1. The van der Waals surface area contributed by atoms with E-state index < -0.39 is 0 Å². The molecular weight excluding hydrogens is 246 g/mol. The SMILES string of the molecule is Cc1ccc(C(NN)c2ccccc2N)cc1Cl. The second kappa shape index (κ2) is 5.40. The lowest BCUT2D eigenvalue weighted by atomic mass is 9.97. The summed E-state index contributed by atoms with van der Waals surface area (Å²) in [5.74, 6) is 5.65. The molecule has 2 aromatic carbocycles. The molecule has 0 bridgehead atoms. The van der Waals surface area contributed by atoms with Crippen LogP contribution < -0.4 is 17.0 Å². The van der Waals surface area contributed by atoms with Crippen LogP contribution in [0.5, 0.6) is 0 Å². The van der Waals surface area contributed by atoms with Crippen molar-refractivity contribution in [2.24, 2.45) is 5.84 Å². The minimum atomic E-state index is -0.163. The van der Waals surface area contributed by atoms with Crippen molar-refractivity contribution in [3.8, 4) is 0 Å². The number of para-hydroxylation sites is 1. The third kappa shape index (κ3) is 2.48. The smallest absolute Gasteiger partial charge is 0.0730 e. The number of hydrazine groups is 1. The number of rotatable bonds is 3. The molecule has 0 saturated heterocycles. The van der Waals surface area contributed by atoms with Gasteiger partial charge in [0.15, 0.2) is 0 Å². The Morgan fingerprint density at radius 1 is 1.17 bits per heavy atom. The predicted octanol–water partition coefficient (Wildman–Crippen LogP) is 2.78. The van der Waals surface area contributed by atoms with E-state index in [9.17, 15) is 0 Å². The molecule has 0 spiro atoms. The summed E-state index contributed by atoms with van der Waals surface area (Å²) in [6, 6.07) is 13.4. The van der Waals surface area contributed by atoms with Crippen molar-refractivity contribution in [1.82, 2.24) is 5.43 Å². The highest BCUT2D eigenvalue weighted by molar-refractivity contribution is 6.31. The van der Waals surface area contributed by atoms with Crippen LogP contribution in [-0.2, 0) is 0 Å². The molecule has 0 radical (unpaired) electrons. The Kier molecular flexibility index (Phi) is 3.87. The lowest BCUT2D eigenvalue weighted by Gasteiger charge is -2.19. The first-order valence-corrected chi connectivity index (χ1v) is 6.08. The van der Waals surface area contributed by atoms with Crippen molar-refractivity contribution < 1.29 is 0 Å². The Labute approximate surface area is 112 Å². The molecule has 0 heterocycles. The average Bonchev–Trinajstić information content (AvgIpc) is 2.37. The third-order valence-corrected chi connectivity index (χ3v) is 3.41. The van der Waals surface area contributed by atoms with Crippen molar-refractivity contribution in [2.75, 3.05) is 5.73 Å². The van der Waals surface area contributed by atoms with Gasteiger partial charge in [0.05, 0.1) is 6.04 Å². The van der Waals surface area contributed by atoms with Crippen LogP contribution in [-0.4, -0.2) is 0 Å². The number of hydrogen-bond acceptors (Lipinski definition) is 3. The van der Waals surface area contributed by atoms with Gasteiger partial charge < -0.3 is 5.73 Å². The number of anilines is 1. The van der Waals surface area contributed by atoms with Crippen molar-refractivity contribution in [3.63, 3.8) is 0 Å². The highest BCUT2D eigenvalue weighted by Gasteiger charge is 2.15. The van der Waals surface area contributed by atoms with Crippen LogP contribution in [0.1, 0.15) is 22.7 Å². The first kappa shape index (κ1) is 12.9. The van der Waals surface area contributed by atoms with Gasteiger partial charge in [0.1, 0.15) is 0 Å². The number of aryl methyl sites for hydroxylation is 1. The molecule has 3 nitrogen and oxygen atoms in total. The van der Waals surface area contributed by atoms with Crippen LogP contribution >= 0.6 is 11.6 Å². The molecule has 0 amide bonds. The fraction of sp³-hybridized carbons (Fsp3) is 0.143. The summed E-state index contributed by atoms with van der Waals surface area (Å²) < 4.78 is 0. The fourth-order valence-electron chi connectivity index (χ4n) is 1.93. The molecular formula is C14H16ClN3. The quantitative estimate of drug-likeness (QED) is 0.452. The van der Waals surface area contributed by atoms with Gasteiger partial charge in [0.25, 0.3) is 0 Å². The molecule has 1 unspecified atom stereocenters. The highest BCUT2D eigenvalue weighted by Crippen LogP contribution is 2.28. The lowest BCUT2D eigenvalue weighted by Crippen LogP contribution is -2.29. The molecule has 2 rings (SSSR count). The molecule has 0 aliphatic rings. The standard InChI is InChI=1S/C14H16ClN3/c1-9-6-7-10(8-12(9)15)14(18-17)11-4-2-3-5-13(11)16/h2-8,14,18H,16-17H2,1H3. The topological polar surface area (TPSA) is 64.1 Å². The second-order valence-electron chi connectivity index (χ2n) is 4.24. The summed E-state index contributed by atoms with van der Waals surface area (Å²) in [4.78, 5) is 0. The van der Waals surface area contributed by atoms with E-state index in [4.69, 9.17) is 23.2 Å². The van der Waals surface area contributed by atoms with Gasteiger partial charge in [-0.25, -0.2) is 5.43 Å². The number of nitrogen functional groups attached to an aromatic ring is 1. The van der Waals surface area contributed by atoms with Gasteiger partial charge in [-0.3, -0.25) is 5.84 Å². The molecule has 0 aliphatic heterocycles. The zero-order valence-corrected chi connectivity index (χ0v) is 10.9. The van der Waals surface area contributed by atoms with Crippen LogP contribution in [0.2, 0.25) is 5.02 Å². The number of nitrogens with two attached hydrogens (primary N) is 2. The number of hydrogen-bond donors (Lipinski definition) is 3. The summed E-state index contributed by atoms with van der Waals surface area (Å²) in [5, 5.41) is 0.724. The lowest BCUT2D eigenvalue weighted by molar-refractivity contribution is 0.638. The van der Waals surface area contributed by atoms with E-state index >= 15 is 0 Å². The van der Waals surface area contributed by atoms with Gasteiger partial charge in [-0.15, -0.1) is 0 Å². The Morgan fingerprint density at radius 3 is 2.50 bits per heavy atom. The van der Waals surface area contributed by atoms with E-state index in [2.05, 4.69) is 5.43 Å². The van der Waals surface area contributed by atoms with Crippen molar-refractivity contribution in [1.29, 1.82) is 0 Å². The first-order valence-electron chi connectivity index (χ1n) is 5.70. The normalized spacial score (nSPS) is 12.4. The van der Waals surface area contributed by atoms with Gasteiger partial charge in [-0.05, 0) is 35.7 Å². The van der Waals surface area contributed by atoms with Crippen LogP contribution in [0.4, 0.5) is 5.69 Å². The minimum absolute atomic E-state index is 0.163. The molecule has 4 heteroatoms. The summed E-state index contributed by atoms with van der Waals surface area (Å²) in [5.41, 5.74) is 12.4. The second-order valence-corrected chi connectivity index (χ2v) is 4.64. The van der Waals surface area contributed by atoms with E-state index in [-0.39, 0.29) is 6.04 Å². The Hall–Kier alpha value is -1.55. The average molecular weight is 262 g/mol. The van der Waals surface area contributed by atoms with E-state index in [1.54, 1.807) is 0 Å². The Balaban J connectivity index is 2.45. The van der Waals surface area contributed by atoms with Crippen molar-refractivity contribution in [3.05, 3.63) is 64.2 Å². The molecule has 0 aromatic heterocycles. The summed E-state index contributed by atoms with van der Waals surface area (Å²) >= 11 is 6.14. The largest absolute Gasteiger partial charge is 0.398 e. The molecule has 18 heavy (non-hydrogen) atoms. The van der Waals surface area contributed by atoms with Crippen LogP contribution in [0.3, 0.4) is 0 Å². The summed E-state index contributed by atoms with van der Waals surface area (Å²) in [6.07, 6.45) is 0. The maximum Gasteiger partial charge on any atom is 0.0730 e.